The van der Waals surface area contributed by atoms with E-state index in [1.165, 1.54) is 11.1 Å². The highest BCUT2D eigenvalue weighted by atomic mass is 16.2. The van der Waals surface area contributed by atoms with Gasteiger partial charge in [0.05, 0.1) is 22.6 Å². The third-order valence-electron chi connectivity index (χ3n) is 6.58. The first kappa shape index (κ1) is 24.4. The second-order valence-corrected chi connectivity index (χ2v) is 8.87. The minimum Gasteiger partial charge on any atom is -0.329 e. The minimum atomic E-state index is -0.406. The number of fused-ring (bicyclic) bond motifs is 1. The van der Waals surface area contributed by atoms with E-state index in [-0.39, 0.29) is 11.5 Å². The van der Waals surface area contributed by atoms with Crippen molar-refractivity contribution < 1.29 is 4.79 Å². The van der Waals surface area contributed by atoms with Crippen LogP contribution in [0.3, 0.4) is 0 Å². The molecule has 0 bridgehead atoms. The van der Waals surface area contributed by atoms with Gasteiger partial charge in [-0.3, -0.25) is 14.2 Å². The number of benzene rings is 3. The van der Waals surface area contributed by atoms with Gasteiger partial charge in [0.1, 0.15) is 5.82 Å². The molecule has 5 heteroatoms. The Morgan fingerprint density at radius 2 is 1.49 bits per heavy atom. The van der Waals surface area contributed by atoms with Gasteiger partial charge in [0.25, 0.3) is 11.5 Å². The standard InChI is InChI=1S/C30H33N3O2/c1-5-20-32(29(34)24-16-12-22(6-2)13-17-24)21(4)28-31-27-11-9-8-10-26(27)30(35)33(28)25-18-14-23(7-3)15-19-25/h8-19,21H,5-7,20H2,1-4H3. The van der Waals surface area contributed by atoms with Gasteiger partial charge in [0.2, 0.25) is 0 Å². The number of para-hydroxylation sites is 1. The molecule has 0 saturated heterocycles. The molecule has 0 aliphatic heterocycles. The lowest BCUT2D eigenvalue weighted by Gasteiger charge is -2.30. The Morgan fingerprint density at radius 1 is 0.886 bits per heavy atom. The summed E-state index contributed by atoms with van der Waals surface area (Å²) in [7, 11) is 0. The third kappa shape index (κ3) is 4.90. The number of aromatic nitrogens is 2. The number of nitrogens with zero attached hydrogens (tertiary/aromatic N) is 3. The lowest BCUT2D eigenvalue weighted by atomic mass is 10.1. The van der Waals surface area contributed by atoms with E-state index < -0.39 is 6.04 Å². The molecule has 4 aromatic rings. The zero-order valence-corrected chi connectivity index (χ0v) is 21.0. The molecule has 3 aromatic carbocycles. The first-order valence-corrected chi connectivity index (χ1v) is 12.5. The number of hydrogen-bond acceptors (Lipinski definition) is 3. The molecule has 0 aliphatic rings. The van der Waals surface area contributed by atoms with Crippen molar-refractivity contribution in [2.45, 2.75) is 53.0 Å². The third-order valence-corrected chi connectivity index (χ3v) is 6.58. The number of rotatable bonds is 8. The molecule has 0 spiro atoms. The molecule has 1 heterocycles. The van der Waals surface area contributed by atoms with Crippen LogP contribution in [0.25, 0.3) is 16.6 Å². The highest BCUT2D eigenvalue weighted by molar-refractivity contribution is 5.94. The highest BCUT2D eigenvalue weighted by Crippen LogP contribution is 2.25. The molecule has 1 aromatic heterocycles. The van der Waals surface area contributed by atoms with Crippen molar-refractivity contribution in [1.82, 2.24) is 14.5 Å². The maximum Gasteiger partial charge on any atom is 0.266 e. The number of aryl methyl sites for hydroxylation is 2. The zero-order valence-electron chi connectivity index (χ0n) is 21.0. The average molecular weight is 468 g/mol. The van der Waals surface area contributed by atoms with Gasteiger partial charge in [-0.15, -0.1) is 0 Å². The summed E-state index contributed by atoms with van der Waals surface area (Å²) in [5.41, 5.74) is 4.29. The SMILES string of the molecule is CCCN(C(=O)c1ccc(CC)cc1)C(C)c1nc2ccccc2c(=O)n1-c1ccc(CC)cc1. The second kappa shape index (κ2) is 10.7. The van der Waals surface area contributed by atoms with Crippen LogP contribution in [0.5, 0.6) is 0 Å². The molecule has 0 saturated carbocycles. The molecule has 5 nitrogen and oxygen atoms in total. The minimum absolute atomic E-state index is 0.0581. The summed E-state index contributed by atoms with van der Waals surface area (Å²) >= 11 is 0. The monoisotopic (exact) mass is 467 g/mol. The van der Waals surface area contributed by atoms with Gasteiger partial charge >= 0.3 is 0 Å². The van der Waals surface area contributed by atoms with Crippen LogP contribution >= 0.6 is 0 Å². The number of hydrogen-bond donors (Lipinski definition) is 0. The van der Waals surface area contributed by atoms with E-state index >= 15 is 0 Å². The summed E-state index contributed by atoms with van der Waals surface area (Å²) in [4.78, 5) is 34.1. The van der Waals surface area contributed by atoms with Crippen molar-refractivity contribution in [2.75, 3.05) is 6.54 Å². The van der Waals surface area contributed by atoms with Crippen LogP contribution in [-0.2, 0) is 12.8 Å². The fourth-order valence-corrected chi connectivity index (χ4v) is 4.46. The molecular weight excluding hydrogens is 434 g/mol. The van der Waals surface area contributed by atoms with Gasteiger partial charge in [-0.25, -0.2) is 4.98 Å². The number of carbonyl (C=O) groups excluding carboxylic acids is 1. The normalized spacial score (nSPS) is 12.0. The highest BCUT2D eigenvalue weighted by Gasteiger charge is 2.27. The molecule has 0 aliphatic carbocycles. The zero-order chi connectivity index (χ0) is 24.9. The molecule has 4 rings (SSSR count). The predicted octanol–water partition coefficient (Wildman–Crippen LogP) is 6.12. The van der Waals surface area contributed by atoms with Crippen LogP contribution in [-0.4, -0.2) is 26.9 Å². The first-order valence-electron chi connectivity index (χ1n) is 12.5. The molecule has 0 radical (unpaired) electrons. The lowest BCUT2D eigenvalue weighted by Crippen LogP contribution is -2.38. The van der Waals surface area contributed by atoms with Gasteiger partial charge in [-0.1, -0.05) is 57.2 Å². The van der Waals surface area contributed by atoms with Gasteiger partial charge in [-0.2, -0.15) is 0 Å². The van der Waals surface area contributed by atoms with Crippen LogP contribution in [0.2, 0.25) is 0 Å². The van der Waals surface area contributed by atoms with Gasteiger partial charge in [-0.05, 0) is 73.7 Å². The van der Waals surface area contributed by atoms with Crippen LogP contribution < -0.4 is 5.56 Å². The Hall–Kier alpha value is -3.73. The van der Waals surface area contributed by atoms with Gasteiger partial charge in [0, 0.05) is 12.1 Å². The predicted molar refractivity (Wildman–Crippen MR) is 142 cm³/mol. The first-order chi connectivity index (χ1) is 17.0. The van der Waals surface area contributed by atoms with Crippen molar-refractivity contribution >= 4 is 16.8 Å². The molecule has 1 amide bonds. The molecule has 0 fully saturated rings. The number of amides is 1. The van der Waals surface area contributed by atoms with E-state index in [0.29, 0.717) is 28.8 Å². The summed E-state index contributed by atoms with van der Waals surface area (Å²) in [5, 5.41) is 0.562. The topological polar surface area (TPSA) is 55.2 Å². The summed E-state index contributed by atoms with van der Waals surface area (Å²) < 4.78 is 1.67. The fraction of sp³-hybridized carbons (Fsp3) is 0.300. The van der Waals surface area contributed by atoms with E-state index in [9.17, 15) is 9.59 Å². The van der Waals surface area contributed by atoms with Crippen LogP contribution in [0.4, 0.5) is 0 Å². The van der Waals surface area contributed by atoms with Crippen molar-refractivity contribution in [3.05, 3.63) is 106 Å². The van der Waals surface area contributed by atoms with Crippen LogP contribution in [0, 0.1) is 0 Å². The van der Waals surface area contributed by atoms with Crippen LogP contribution in [0.1, 0.15) is 67.5 Å². The lowest BCUT2D eigenvalue weighted by molar-refractivity contribution is 0.0681. The molecule has 1 atom stereocenters. The van der Waals surface area contributed by atoms with Crippen molar-refractivity contribution in [1.29, 1.82) is 0 Å². The second-order valence-electron chi connectivity index (χ2n) is 8.87. The smallest absolute Gasteiger partial charge is 0.266 e. The van der Waals surface area contributed by atoms with Crippen molar-refractivity contribution in [2.24, 2.45) is 0 Å². The van der Waals surface area contributed by atoms with Gasteiger partial charge in [0.15, 0.2) is 0 Å². The Bertz CT molecular complexity index is 1370. The Kier molecular flexibility index (Phi) is 7.45. The van der Waals surface area contributed by atoms with E-state index in [1.54, 1.807) is 10.6 Å². The van der Waals surface area contributed by atoms with E-state index in [2.05, 4.69) is 20.8 Å². The molecular formula is C30H33N3O2. The molecule has 0 N–H and O–H groups in total. The molecule has 35 heavy (non-hydrogen) atoms. The van der Waals surface area contributed by atoms with Crippen LogP contribution in [0.15, 0.2) is 77.6 Å². The Balaban J connectivity index is 1.86. The molecule has 1 unspecified atom stereocenters. The maximum atomic E-state index is 13.7. The average Bonchev–Trinajstić information content (AvgIpc) is 2.91. The summed E-state index contributed by atoms with van der Waals surface area (Å²) in [6, 6.07) is 22.8. The maximum absolute atomic E-state index is 13.7. The van der Waals surface area contributed by atoms with Crippen molar-refractivity contribution in [3.8, 4) is 5.69 Å². The fourth-order valence-electron chi connectivity index (χ4n) is 4.46. The Labute approximate surface area is 207 Å². The summed E-state index contributed by atoms with van der Waals surface area (Å²) in [6.07, 6.45) is 2.64. The quantitative estimate of drug-likeness (QED) is 0.313. The van der Waals surface area contributed by atoms with E-state index in [0.717, 1.165) is 24.9 Å². The van der Waals surface area contributed by atoms with Crippen molar-refractivity contribution in [3.63, 3.8) is 0 Å². The summed E-state index contributed by atoms with van der Waals surface area (Å²) in [5.74, 6) is 0.502. The Morgan fingerprint density at radius 3 is 2.09 bits per heavy atom. The summed E-state index contributed by atoms with van der Waals surface area (Å²) in [6.45, 7) is 8.78. The molecule has 180 valence electrons. The largest absolute Gasteiger partial charge is 0.329 e. The van der Waals surface area contributed by atoms with Gasteiger partial charge < -0.3 is 4.90 Å². The van der Waals surface area contributed by atoms with E-state index in [4.69, 9.17) is 4.98 Å². The number of carbonyl (C=O) groups is 1. The van der Waals surface area contributed by atoms with E-state index in [1.807, 2.05) is 78.6 Å².